The van der Waals surface area contributed by atoms with Gasteiger partial charge in [-0.3, -0.25) is 0 Å². The van der Waals surface area contributed by atoms with Gasteiger partial charge in [0.05, 0.1) is 0 Å². The maximum absolute atomic E-state index is 5.36. The molecule has 0 bridgehead atoms. The molecular formula is C6H11N. The zero-order valence-corrected chi connectivity index (χ0v) is 4.56. The van der Waals surface area contributed by atoms with Crippen molar-refractivity contribution in [2.75, 3.05) is 19.6 Å². The van der Waals surface area contributed by atoms with Crippen LogP contribution in [-0.2, 0) is 0 Å². The minimum atomic E-state index is 0.750. The fourth-order valence-corrected chi connectivity index (χ4v) is 0.965. The van der Waals surface area contributed by atoms with Gasteiger partial charge in [-0.15, -0.1) is 0 Å². The lowest BCUT2D eigenvalue weighted by Crippen LogP contribution is -2.17. The molecule has 0 aromatic rings. The third kappa shape index (κ3) is 1.16. The van der Waals surface area contributed by atoms with Crippen molar-refractivity contribution in [3.8, 4) is 0 Å². The summed E-state index contributed by atoms with van der Waals surface area (Å²) >= 11 is 0. The van der Waals surface area contributed by atoms with Gasteiger partial charge in [-0.1, -0.05) is 0 Å². The number of hydrogen-bond acceptors (Lipinski definition) is 1. The third-order valence-corrected chi connectivity index (χ3v) is 1.46. The molecule has 1 nitrogen and oxygen atoms in total. The monoisotopic (exact) mass is 97.1 g/mol. The van der Waals surface area contributed by atoms with Crippen LogP contribution in [0.15, 0.2) is 0 Å². The van der Waals surface area contributed by atoms with Crippen molar-refractivity contribution < 1.29 is 0 Å². The molecule has 40 valence electrons. The Labute approximate surface area is 45.3 Å². The van der Waals surface area contributed by atoms with Crippen LogP contribution in [0.1, 0.15) is 12.8 Å². The summed E-state index contributed by atoms with van der Waals surface area (Å²) in [5.41, 5.74) is 0. The second kappa shape index (κ2) is 2.31. The van der Waals surface area contributed by atoms with E-state index in [2.05, 4.69) is 4.90 Å². The highest BCUT2D eigenvalue weighted by atomic mass is 15.1. The van der Waals surface area contributed by atoms with Gasteiger partial charge in [0.1, 0.15) is 0 Å². The zero-order valence-electron chi connectivity index (χ0n) is 4.56. The van der Waals surface area contributed by atoms with E-state index < -0.39 is 0 Å². The Morgan fingerprint density at radius 2 is 1.86 bits per heavy atom. The molecule has 1 rings (SSSR count). The Bertz CT molecular complexity index is 46.1. The number of likely N-dealkylation sites (tertiary alicyclic amines) is 1. The number of nitrogens with zero attached hydrogens (tertiary/aromatic N) is 1. The summed E-state index contributed by atoms with van der Waals surface area (Å²) in [6.45, 7) is 8.55. The third-order valence-electron chi connectivity index (χ3n) is 1.46. The summed E-state index contributed by atoms with van der Waals surface area (Å²) in [5.74, 6) is 0. The van der Waals surface area contributed by atoms with Gasteiger partial charge in [0.25, 0.3) is 0 Å². The van der Waals surface area contributed by atoms with E-state index in [-0.39, 0.29) is 0 Å². The van der Waals surface area contributed by atoms with Crippen LogP contribution in [0.25, 0.3) is 0 Å². The van der Waals surface area contributed by atoms with Crippen LogP contribution < -0.4 is 0 Å². The highest BCUT2D eigenvalue weighted by molar-refractivity contribution is 4.65. The van der Waals surface area contributed by atoms with E-state index in [0.717, 1.165) is 6.54 Å². The quantitative estimate of drug-likeness (QED) is 0.467. The first-order valence-electron chi connectivity index (χ1n) is 2.86. The normalized spacial score (nSPS) is 23.6. The number of rotatable bonds is 1. The van der Waals surface area contributed by atoms with E-state index in [1.807, 2.05) is 0 Å². The second-order valence-electron chi connectivity index (χ2n) is 2.01. The SMILES string of the molecule is [CH]CN1CCCC1. The van der Waals surface area contributed by atoms with E-state index in [0.29, 0.717) is 0 Å². The van der Waals surface area contributed by atoms with Crippen molar-refractivity contribution in [1.29, 1.82) is 0 Å². The molecule has 0 atom stereocenters. The van der Waals surface area contributed by atoms with Crippen molar-refractivity contribution in [2.45, 2.75) is 12.8 Å². The van der Waals surface area contributed by atoms with Crippen LogP contribution in [0.2, 0.25) is 0 Å². The predicted octanol–water partition coefficient (Wildman–Crippen LogP) is 0.793. The van der Waals surface area contributed by atoms with Crippen molar-refractivity contribution in [1.82, 2.24) is 4.90 Å². The first-order chi connectivity index (χ1) is 3.43. The highest BCUT2D eigenvalue weighted by Crippen LogP contribution is 2.04. The van der Waals surface area contributed by atoms with Gasteiger partial charge in [-0.05, 0) is 32.9 Å². The van der Waals surface area contributed by atoms with Crippen molar-refractivity contribution >= 4 is 0 Å². The van der Waals surface area contributed by atoms with Gasteiger partial charge in [0.15, 0.2) is 0 Å². The Kier molecular flexibility index (Phi) is 1.69. The van der Waals surface area contributed by atoms with Crippen LogP contribution in [0.4, 0.5) is 0 Å². The van der Waals surface area contributed by atoms with Gasteiger partial charge in [-0.25, -0.2) is 0 Å². The molecule has 1 aliphatic rings. The van der Waals surface area contributed by atoms with Crippen molar-refractivity contribution in [2.24, 2.45) is 0 Å². The summed E-state index contributed by atoms with van der Waals surface area (Å²) in [4.78, 5) is 2.26. The fourth-order valence-electron chi connectivity index (χ4n) is 0.965. The Morgan fingerprint density at radius 3 is 2.14 bits per heavy atom. The van der Waals surface area contributed by atoms with Crippen LogP contribution in [0.3, 0.4) is 0 Å². The average Bonchev–Trinajstić information content (AvgIpc) is 2.14. The minimum absolute atomic E-state index is 0.750. The van der Waals surface area contributed by atoms with Gasteiger partial charge >= 0.3 is 0 Å². The van der Waals surface area contributed by atoms with Gasteiger partial charge in [0.2, 0.25) is 0 Å². The lowest BCUT2D eigenvalue weighted by molar-refractivity contribution is 0.376. The summed E-state index contributed by atoms with van der Waals surface area (Å²) in [7, 11) is 0. The Balaban J connectivity index is 2.14. The standard InChI is InChI=1S/C6H11N/c1-2-7-5-3-4-6-7/h1H,2-6H2. The van der Waals surface area contributed by atoms with Crippen LogP contribution in [0, 0.1) is 6.92 Å². The summed E-state index contributed by atoms with van der Waals surface area (Å²) in [6, 6.07) is 0. The molecule has 1 saturated heterocycles. The molecule has 0 unspecified atom stereocenters. The highest BCUT2D eigenvalue weighted by Gasteiger charge is 2.06. The van der Waals surface area contributed by atoms with E-state index in [1.54, 1.807) is 0 Å². The first-order valence-corrected chi connectivity index (χ1v) is 2.86. The second-order valence-corrected chi connectivity index (χ2v) is 2.01. The Hall–Kier alpha value is -0.0400. The molecule has 0 amide bonds. The smallest absolute Gasteiger partial charge is 0.00161 e. The molecular weight excluding hydrogens is 86.1 g/mol. The molecule has 7 heavy (non-hydrogen) atoms. The topological polar surface area (TPSA) is 3.24 Å². The molecule has 1 fully saturated rings. The molecule has 0 aromatic carbocycles. The average molecular weight is 97.2 g/mol. The molecule has 0 spiro atoms. The molecule has 1 heterocycles. The minimum Gasteiger partial charge on any atom is -0.303 e. The molecule has 0 saturated carbocycles. The van der Waals surface area contributed by atoms with Gasteiger partial charge in [-0.2, -0.15) is 0 Å². The zero-order chi connectivity index (χ0) is 5.11. The van der Waals surface area contributed by atoms with Gasteiger partial charge in [0, 0.05) is 6.54 Å². The number of hydrogen-bond donors (Lipinski definition) is 0. The molecule has 1 aliphatic heterocycles. The molecule has 0 N–H and O–H groups in total. The summed E-state index contributed by atoms with van der Waals surface area (Å²) in [5, 5.41) is 0. The van der Waals surface area contributed by atoms with Crippen molar-refractivity contribution in [3.63, 3.8) is 0 Å². The predicted molar refractivity (Wildman–Crippen MR) is 30.0 cm³/mol. The Morgan fingerprint density at radius 1 is 1.29 bits per heavy atom. The largest absolute Gasteiger partial charge is 0.303 e. The van der Waals surface area contributed by atoms with E-state index in [9.17, 15) is 0 Å². The maximum atomic E-state index is 5.36. The maximum Gasteiger partial charge on any atom is 0.00161 e. The molecule has 2 radical (unpaired) electrons. The summed E-state index contributed by atoms with van der Waals surface area (Å²) in [6.07, 6.45) is 2.69. The van der Waals surface area contributed by atoms with Gasteiger partial charge < -0.3 is 4.90 Å². The lowest BCUT2D eigenvalue weighted by atomic mass is 10.4. The van der Waals surface area contributed by atoms with E-state index in [4.69, 9.17) is 6.92 Å². The van der Waals surface area contributed by atoms with Crippen molar-refractivity contribution in [3.05, 3.63) is 6.92 Å². The fraction of sp³-hybridized carbons (Fsp3) is 0.833. The van der Waals surface area contributed by atoms with E-state index >= 15 is 0 Å². The molecule has 0 aromatic heterocycles. The first kappa shape index (κ1) is 5.10. The lowest BCUT2D eigenvalue weighted by Gasteiger charge is -2.08. The van der Waals surface area contributed by atoms with Crippen LogP contribution >= 0.6 is 0 Å². The summed E-state index contributed by atoms with van der Waals surface area (Å²) < 4.78 is 0. The van der Waals surface area contributed by atoms with E-state index in [1.165, 1.54) is 25.9 Å². The van der Waals surface area contributed by atoms with Crippen LogP contribution in [-0.4, -0.2) is 24.5 Å². The molecule has 1 heteroatoms. The van der Waals surface area contributed by atoms with Crippen LogP contribution in [0.5, 0.6) is 0 Å². The molecule has 0 aliphatic carbocycles.